The van der Waals surface area contributed by atoms with Crippen LogP contribution in [0.1, 0.15) is 93.0 Å². The third-order valence-corrected chi connectivity index (χ3v) is 4.25. The number of rotatable bonds is 7. The molecule has 2 N–H and O–H groups in total. The molecular weight excluding hydrogens is 488 g/mol. The largest absolute Gasteiger partial charge is 0.382 e. The van der Waals surface area contributed by atoms with E-state index in [2.05, 4.69) is 48.6 Å². The van der Waals surface area contributed by atoms with Crippen molar-refractivity contribution >= 4 is 24.0 Å². The normalized spacial score (nSPS) is 10.7. The molecule has 0 aromatic carbocycles. The Kier molecular flexibility index (Phi) is 25.7. The molecule has 0 saturated heterocycles. The molecule has 0 amide bonds. The number of hydrogen-bond donors (Lipinski definition) is 1. The molecule has 39 heavy (non-hydrogen) atoms. The lowest BCUT2D eigenvalue weighted by Crippen LogP contribution is -2.15. The topological polar surface area (TPSA) is 104 Å². The second-order valence-electron chi connectivity index (χ2n) is 8.89. The summed E-state index contributed by atoms with van der Waals surface area (Å²) in [4.78, 5) is 17.9. The maximum Gasteiger partial charge on any atom is 0.149 e. The van der Waals surface area contributed by atoms with Crippen LogP contribution >= 0.6 is 0 Å². The first-order valence-corrected chi connectivity index (χ1v) is 13.7. The van der Waals surface area contributed by atoms with Crippen LogP contribution in [0.25, 0.3) is 11.1 Å². The molecule has 2 heterocycles. The number of aromatic nitrogens is 2. The number of anilines is 1. The van der Waals surface area contributed by atoms with Crippen LogP contribution in [0.15, 0.2) is 58.2 Å². The Morgan fingerprint density at radius 1 is 1.15 bits per heavy atom. The second-order valence-corrected chi connectivity index (χ2v) is 8.89. The van der Waals surface area contributed by atoms with E-state index >= 15 is 0 Å². The predicted octanol–water partition coefficient (Wildman–Crippen LogP) is 9.19. The summed E-state index contributed by atoms with van der Waals surface area (Å²) < 4.78 is 10.2. The SMILES string of the molecule is C=C/C(C=Nc1cc(-c2c(C)noc2C)cnc1N)=C\C=C/CC.CC.CCC.CCC=O.COC(C)(C)C. The van der Waals surface area contributed by atoms with Crippen molar-refractivity contribution in [1.82, 2.24) is 10.1 Å². The number of nitrogens with zero attached hydrogens (tertiary/aromatic N) is 3. The quantitative estimate of drug-likeness (QED) is 0.212. The van der Waals surface area contributed by atoms with Crippen molar-refractivity contribution in [3.8, 4) is 11.1 Å². The Labute approximate surface area is 238 Å². The summed E-state index contributed by atoms with van der Waals surface area (Å²) in [6, 6.07) is 1.88. The van der Waals surface area contributed by atoms with Crippen LogP contribution in [0.2, 0.25) is 0 Å². The summed E-state index contributed by atoms with van der Waals surface area (Å²) in [6.45, 7) is 25.8. The van der Waals surface area contributed by atoms with Gasteiger partial charge in [-0.1, -0.05) is 84.0 Å². The van der Waals surface area contributed by atoms with Gasteiger partial charge in [0.15, 0.2) is 0 Å². The van der Waals surface area contributed by atoms with Crippen LogP contribution < -0.4 is 5.73 Å². The molecule has 0 saturated carbocycles. The second kappa shape index (κ2) is 25.0. The monoisotopic (exact) mass is 542 g/mol. The van der Waals surface area contributed by atoms with E-state index in [1.807, 2.05) is 73.6 Å². The number of pyridine rings is 1. The average molecular weight is 543 g/mol. The van der Waals surface area contributed by atoms with Crippen molar-refractivity contribution in [2.45, 2.75) is 101 Å². The van der Waals surface area contributed by atoms with Gasteiger partial charge in [0.05, 0.1) is 11.3 Å². The van der Waals surface area contributed by atoms with Crippen LogP contribution in [-0.2, 0) is 9.53 Å². The average Bonchev–Trinajstić information content (AvgIpc) is 3.26. The lowest BCUT2D eigenvalue weighted by Gasteiger charge is -2.14. The van der Waals surface area contributed by atoms with E-state index in [1.54, 1.807) is 25.6 Å². The van der Waals surface area contributed by atoms with E-state index in [4.69, 9.17) is 15.0 Å². The first-order chi connectivity index (χ1) is 18.5. The van der Waals surface area contributed by atoms with Crippen LogP contribution in [0.5, 0.6) is 0 Å². The standard InChI is InChI=1S/C19H22N4O.C5H12O.C3H6O.C3H8.C2H6/c1-5-7-8-9-15(6-2)11-21-17-10-16(12-22-19(17)20)18-13(3)23-24-14(18)4;1-5(2,3)6-4;1-2-3-4;1-3-2;1-2/h6-12H,2,5H2,1,3-4H3,(H2,20,22);1-4H3;3H,2H2,1H3;3H2,1-2H3;1-2H3/b8-7-,15-9+,21-11?;;;;. The highest BCUT2D eigenvalue weighted by Gasteiger charge is 2.13. The summed E-state index contributed by atoms with van der Waals surface area (Å²) in [5, 5.41) is 3.97. The molecule has 220 valence electrons. The molecule has 0 spiro atoms. The molecule has 0 fully saturated rings. The molecule has 2 aromatic heterocycles. The molecular formula is C32H54N4O3. The smallest absolute Gasteiger partial charge is 0.149 e. The van der Waals surface area contributed by atoms with Crippen molar-refractivity contribution in [3.05, 3.63) is 60.2 Å². The van der Waals surface area contributed by atoms with E-state index in [0.717, 1.165) is 40.9 Å². The minimum atomic E-state index is 0.0417. The first kappa shape index (κ1) is 40.2. The fraction of sp³-hybridized carbons (Fsp3) is 0.500. The fourth-order valence-corrected chi connectivity index (χ4v) is 2.22. The number of carbonyl (C=O) groups is 1. The number of ether oxygens (including phenoxy) is 1. The summed E-state index contributed by atoms with van der Waals surface area (Å²) in [5.74, 6) is 1.11. The number of aryl methyl sites for hydroxylation is 2. The lowest BCUT2D eigenvalue weighted by atomic mass is 10.1. The van der Waals surface area contributed by atoms with Gasteiger partial charge in [-0.3, -0.25) is 4.99 Å². The highest BCUT2D eigenvalue weighted by molar-refractivity contribution is 5.86. The Morgan fingerprint density at radius 3 is 2.08 bits per heavy atom. The van der Waals surface area contributed by atoms with Gasteiger partial charge in [-0.05, 0) is 52.7 Å². The van der Waals surface area contributed by atoms with Gasteiger partial charge in [0.25, 0.3) is 0 Å². The molecule has 0 atom stereocenters. The highest BCUT2D eigenvalue weighted by Crippen LogP contribution is 2.31. The predicted molar refractivity (Wildman–Crippen MR) is 170 cm³/mol. The van der Waals surface area contributed by atoms with Gasteiger partial charge >= 0.3 is 0 Å². The fourth-order valence-electron chi connectivity index (χ4n) is 2.22. The summed E-state index contributed by atoms with van der Waals surface area (Å²) >= 11 is 0. The van der Waals surface area contributed by atoms with Crippen molar-refractivity contribution in [2.75, 3.05) is 12.8 Å². The number of nitrogens with two attached hydrogens (primary N) is 1. The molecule has 7 heteroatoms. The zero-order chi connectivity index (χ0) is 30.9. The highest BCUT2D eigenvalue weighted by atomic mass is 16.5. The van der Waals surface area contributed by atoms with Crippen LogP contribution in [0.3, 0.4) is 0 Å². The molecule has 0 radical (unpaired) electrons. The van der Waals surface area contributed by atoms with Crippen LogP contribution in [0, 0.1) is 13.8 Å². The molecule has 0 aliphatic carbocycles. The van der Waals surface area contributed by atoms with Crippen LogP contribution in [0.4, 0.5) is 11.5 Å². The number of carbonyl (C=O) groups excluding carboxylic acids is 1. The van der Waals surface area contributed by atoms with Gasteiger partial charge in [-0.2, -0.15) is 0 Å². The van der Waals surface area contributed by atoms with Gasteiger partial charge in [0.2, 0.25) is 0 Å². The molecule has 2 aromatic rings. The van der Waals surface area contributed by atoms with Crippen molar-refractivity contribution in [1.29, 1.82) is 0 Å². The van der Waals surface area contributed by atoms with E-state index in [-0.39, 0.29) is 5.60 Å². The maximum atomic E-state index is 9.17. The zero-order valence-corrected chi connectivity index (χ0v) is 26.6. The van der Waals surface area contributed by atoms with E-state index in [9.17, 15) is 4.79 Å². The minimum absolute atomic E-state index is 0.0417. The Morgan fingerprint density at radius 2 is 1.69 bits per heavy atom. The molecule has 0 aliphatic heterocycles. The van der Waals surface area contributed by atoms with E-state index in [0.29, 0.717) is 17.9 Å². The molecule has 0 unspecified atom stereocenters. The zero-order valence-electron chi connectivity index (χ0n) is 26.6. The summed E-state index contributed by atoms with van der Waals surface area (Å²) in [5.41, 5.74) is 10.1. The summed E-state index contributed by atoms with van der Waals surface area (Å²) in [7, 11) is 1.71. The number of aliphatic imine (C=N–C) groups is 1. The molecule has 2 rings (SSSR count). The van der Waals surface area contributed by atoms with Gasteiger partial charge < -0.3 is 19.8 Å². The minimum Gasteiger partial charge on any atom is -0.382 e. The molecule has 0 aliphatic rings. The van der Waals surface area contributed by atoms with Gasteiger partial charge in [0.1, 0.15) is 23.6 Å². The molecule has 7 nitrogen and oxygen atoms in total. The Bertz CT molecular complexity index is 978. The first-order valence-electron chi connectivity index (χ1n) is 13.7. The molecule has 0 bridgehead atoms. The lowest BCUT2D eigenvalue weighted by molar-refractivity contribution is -0.107. The third-order valence-electron chi connectivity index (χ3n) is 4.25. The number of nitrogen functional groups attached to an aromatic ring is 1. The van der Waals surface area contributed by atoms with Gasteiger partial charge in [-0.25, -0.2) is 4.98 Å². The van der Waals surface area contributed by atoms with Gasteiger partial charge in [-0.15, -0.1) is 0 Å². The number of allylic oxidation sites excluding steroid dienone is 5. The number of aldehydes is 1. The number of hydrogen-bond acceptors (Lipinski definition) is 7. The van der Waals surface area contributed by atoms with E-state index < -0.39 is 0 Å². The number of methoxy groups -OCH3 is 1. The van der Waals surface area contributed by atoms with E-state index in [1.165, 1.54) is 6.42 Å². The summed E-state index contributed by atoms with van der Waals surface area (Å²) in [6.07, 6.45) is 14.9. The van der Waals surface area contributed by atoms with Crippen molar-refractivity contribution in [3.63, 3.8) is 0 Å². The third kappa shape index (κ3) is 20.3. The van der Waals surface area contributed by atoms with Crippen molar-refractivity contribution < 1.29 is 14.1 Å². The van der Waals surface area contributed by atoms with Crippen LogP contribution in [-0.4, -0.2) is 35.4 Å². The maximum absolute atomic E-state index is 9.17. The Hall–Kier alpha value is -3.32. The van der Waals surface area contributed by atoms with Gasteiger partial charge in [0, 0.05) is 37.1 Å². The Balaban J connectivity index is -0.000000715. The van der Waals surface area contributed by atoms with Crippen molar-refractivity contribution in [2.24, 2.45) is 4.99 Å².